The van der Waals surface area contributed by atoms with Gasteiger partial charge in [0.05, 0.1) is 23.8 Å². The van der Waals surface area contributed by atoms with E-state index >= 15 is 0 Å². The molecule has 8 nitrogen and oxygen atoms in total. The van der Waals surface area contributed by atoms with Gasteiger partial charge in [0, 0.05) is 12.2 Å². The number of nitrogens with one attached hydrogen (secondary N) is 2. The third-order valence-corrected chi connectivity index (χ3v) is 3.52. The van der Waals surface area contributed by atoms with Crippen LogP contribution in [0, 0.1) is 0 Å². The van der Waals surface area contributed by atoms with Gasteiger partial charge in [-0.2, -0.15) is 19.0 Å². The molecule has 3 aromatic rings. The Bertz CT molecular complexity index is 892. The summed E-state index contributed by atoms with van der Waals surface area (Å²) in [5.74, 6) is -0.339. The van der Waals surface area contributed by atoms with E-state index in [4.69, 9.17) is 4.74 Å². The van der Waals surface area contributed by atoms with Crippen LogP contribution < -0.4 is 10.1 Å². The van der Waals surface area contributed by atoms with Crippen molar-refractivity contribution in [2.75, 3.05) is 11.9 Å². The number of aromatic amines is 1. The molecule has 0 aliphatic rings. The summed E-state index contributed by atoms with van der Waals surface area (Å²) >= 11 is 0. The van der Waals surface area contributed by atoms with Crippen molar-refractivity contribution in [3.8, 4) is 17.0 Å². The third kappa shape index (κ3) is 4.88. The Morgan fingerprint density at radius 3 is 2.81 bits per heavy atom. The van der Waals surface area contributed by atoms with Crippen LogP contribution in [0.3, 0.4) is 0 Å². The Labute approximate surface area is 153 Å². The van der Waals surface area contributed by atoms with E-state index in [1.54, 1.807) is 29.1 Å². The summed E-state index contributed by atoms with van der Waals surface area (Å²) in [6.07, 6.45) is 3.16. The second kappa shape index (κ2) is 8.41. The maximum absolute atomic E-state index is 12.3. The topological polar surface area (TPSA) is 94.1 Å². The van der Waals surface area contributed by atoms with Crippen molar-refractivity contribution >= 4 is 11.6 Å². The van der Waals surface area contributed by atoms with Crippen LogP contribution >= 0.6 is 0 Å². The number of halogens is 2. The number of anilines is 1. The smallest absolute Gasteiger partial charge is 0.387 e. The number of hydrogen-bond donors (Lipinski definition) is 2. The lowest BCUT2D eigenvalue weighted by Crippen LogP contribution is -2.12. The van der Waals surface area contributed by atoms with Crippen LogP contribution in [0.1, 0.15) is 17.4 Å². The largest absolute Gasteiger partial charge is 0.435 e. The van der Waals surface area contributed by atoms with Gasteiger partial charge in [0.15, 0.2) is 0 Å². The van der Waals surface area contributed by atoms with Gasteiger partial charge in [-0.25, -0.2) is 4.68 Å². The fourth-order valence-corrected chi connectivity index (χ4v) is 2.28. The number of nitrogens with zero attached hydrogens (tertiary/aromatic N) is 3. The van der Waals surface area contributed by atoms with Gasteiger partial charge in [0.25, 0.3) is 5.91 Å². The fourth-order valence-electron chi connectivity index (χ4n) is 2.28. The van der Waals surface area contributed by atoms with Crippen molar-refractivity contribution in [1.82, 2.24) is 20.0 Å². The van der Waals surface area contributed by atoms with Crippen molar-refractivity contribution in [2.24, 2.45) is 0 Å². The number of ether oxygens (including phenoxy) is 2. The first-order valence-electron chi connectivity index (χ1n) is 8.07. The molecule has 0 bridgehead atoms. The van der Waals surface area contributed by atoms with E-state index in [1.807, 2.05) is 6.92 Å². The van der Waals surface area contributed by atoms with Gasteiger partial charge in [-0.3, -0.25) is 9.89 Å². The number of amides is 1. The Morgan fingerprint density at radius 2 is 2.11 bits per heavy atom. The number of H-pyrrole nitrogens is 1. The number of benzene rings is 1. The van der Waals surface area contributed by atoms with Crippen LogP contribution in [0.15, 0.2) is 42.7 Å². The molecule has 0 saturated carbocycles. The quantitative estimate of drug-likeness (QED) is 0.629. The number of hydrogen-bond acceptors (Lipinski definition) is 5. The van der Waals surface area contributed by atoms with Gasteiger partial charge in [-0.15, -0.1) is 0 Å². The molecule has 0 aliphatic heterocycles. The van der Waals surface area contributed by atoms with E-state index < -0.39 is 6.61 Å². The molecule has 2 heterocycles. The van der Waals surface area contributed by atoms with Crippen LogP contribution in [-0.4, -0.2) is 39.1 Å². The molecular weight excluding hydrogens is 360 g/mol. The first kappa shape index (κ1) is 18.5. The van der Waals surface area contributed by atoms with Gasteiger partial charge < -0.3 is 14.8 Å². The highest BCUT2D eigenvalue weighted by Gasteiger charge is 2.13. The summed E-state index contributed by atoms with van der Waals surface area (Å²) in [6.45, 7) is -0.143. The average molecular weight is 377 g/mol. The van der Waals surface area contributed by atoms with Crippen molar-refractivity contribution in [1.29, 1.82) is 0 Å². The zero-order valence-corrected chi connectivity index (χ0v) is 14.4. The summed E-state index contributed by atoms with van der Waals surface area (Å²) in [6, 6.07) is 7.52. The average Bonchev–Trinajstić information content (AvgIpc) is 3.30. The Kier molecular flexibility index (Phi) is 5.77. The van der Waals surface area contributed by atoms with Crippen molar-refractivity contribution in [3.63, 3.8) is 0 Å². The van der Waals surface area contributed by atoms with Crippen LogP contribution in [0.5, 0.6) is 5.75 Å². The SMILES string of the molecule is CCOCn1cc(NC(=O)c2cc(-c3ccc(OC(F)F)cc3)n[nH]2)cn1. The standard InChI is InChI=1S/C17H17F2N5O3/c1-2-26-10-24-9-12(8-20-24)21-16(25)15-7-14(22-23-15)11-3-5-13(6-4-11)27-17(18)19/h3-9,17H,2,10H2,1H3,(H,21,25)(H,22,23). The number of aromatic nitrogens is 4. The maximum atomic E-state index is 12.3. The van der Waals surface area contributed by atoms with Gasteiger partial charge >= 0.3 is 6.61 Å². The number of rotatable bonds is 8. The minimum Gasteiger partial charge on any atom is -0.435 e. The van der Waals surface area contributed by atoms with Crippen molar-refractivity contribution in [3.05, 3.63) is 48.4 Å². The van der Waals surface area contributed by atoms with E-state index in [-0.39, 0.29) is 17.4 Å². The summed E-state index contributed by atoms with van der Waals surface area (Å²) in [5, 5.41) is 13.5. The minimum absolute atomic E-state index is 0.0475. The summed E-state index contributed by atoms with van der Waals surface area (Å²) < 4.78 is 35.4. The lowest BCUT2D eigenvalue weighted by Gasteiger charge is -2.04. The van der Waals surface area contributed by atoms with E-state index in [0.29, 0.717) is 30.3 Å². The summed E-state index contributed by atoms with van der Waals surface area (Å²) in [5.41, 5.74) is 1.91. The molecule has 0 saturated heterocycles. The molecule has 0 fully saturated rings. The second-order valence-electron chi connectivity index (χ2n) is 5.41. The lowest BCUT2D eigenvalue weighted by atomic mass is 10.1. The summed E-state index contributed by atoms with van der Waals surface area (Å²) in [7, 11) is 0. The van der Waals surface area contributed by atoms with E-state index in [2.05, 4.69) is 25.3 Å². The lowest BCUT2D eigenvalue weighted by molar-refractivity contribution is -0.0498. The molecular formula is C17H17F2N5O3. The molecule has 3 rings (SSSR count). The molecule has 1 aromatic carbocycles. The van der Waals surface area contributed by atoms with Gasteiger partial charge in [0.1, 0.15) is 18.2 Å². The molecule has 1 amide bonds. The first-order chi connectivity index (χ1) is 13.0. The zero-order valence-electron chi connectivity index (χ0n) is 14.4. The van der Waals surface area contributed by atoms with Crippen molar-refractivity contribution in [2.45, 2.75) is 20.3 Å². The highest BCUT2D eigenvalue weighted by atomic mass is 19.3. The Morgan fingerprint density at radius 1 is 1.33 bits per heavy atom. The normalized spacial score (nSPS) is 11.0. The van der Waals surface area contributed by atoms with Gasteiger partial charge in [-0.1, -0.05) is 0 Å². The summed E-state index contributed by atoms with van der Waals surface area (Å²) in [4.78, 5) is 12.3. The molecule has 2 N–H and O–H groups in total. The van der Waals surface area contributed by atoms with E-state index in [9.17, 15) is 13.6 Å². The zero-order chi connectivity index (χ0) is 19.2. The van der Waals surface area contributed by atoms with Crippen LogP contribution in [0.4, 0.5) is 14.5 Å². The predicted molar refractivity (Wildman–Crippen MR) is 92.5 cm³/mol. The Balaban J connectivity index is 1.64. The molecule has 0 atom stereocenters. The highest BCUT2D eigenvalue weighted by Crippen LogP contribution is 2.22. The fraction of sp³-hybridized carbons (Fsp3) is 0.235. The van der Waals surface area contributed by atoms with Crippen LogP contribution in [-0.2, 0) is 11.5 Å². The molecule has 142 valence electrons. The van der Waals surface area contributed by atoms with Gasteiger partial charge in [0.2, 0.25) is 0 Å². The van der Waals surface area contributed by atoms with Crippen LogP contribution in [0.2, 0.25) is 0 Å². The number of carbonyl (C=O) groups excluding carboxylic acids is 1. The predicted octanol–water partition coefficient (Wildman–Crippen LogP) is 3.12. The molecule has 27 heavy (non-hydrogen) atoms. The molecule has 0 unspecified atom stereocenters. The number of carbonyl (C=O) groups is 1. The first-order valence-corrected chi connectivity index (χ1v) is 8.07. The monoisotopic (exact) mass is 377 g/mol. The highest BCUT2D eigenvalue weighted by molar-refractivity contribution is 6.03. The van der Waals surface area contributed by atoms with Crippen molar-refractivity contribution < 1.29 is 23.0 Å². The molecule has 0 radical (unpaired) electrons. The van der Waals surface area contributed by atoms with Crippen LogP contribution in [0.25, 0.3) is 11.3 Å². The molecule has 0 aliphatic carbocycles. The van der Waals surface area contributed by atoms with Gasteiger partial charge in [-0.05, 0) is 37.3 Å². The maximum Gasteiger partial charge on any atom is 0.387 e. The van der Waals surface area contributed by atoms with E-state index in [0.717, 1.165) is 0 Å². The molecule has 0 spiro atoms. The third-order valence-electron chi connectivity index (χ3n) is 3.52. The minimum atomic E-state index is -2.88. The molecule has 10 heteroatoms. The molecule has 2 aromatic heterocycles. The second-order valence-corrected chi connectivity index (χ2v) is 5.41. The number of alkyl halides is 2. The Hall–Kier alpha value is -3.27. The van der Waals surface area contributed by atoms with E-state index in [1.165, 1.54) is 18.3 Å².